The first-order chi connectivity index (χ1) is 8.45. The Balaban J connectivity index is 2.65. The Labute approximate surface area is 108 Å². The van der Waals surface area contributed by atoms with Crippen molar-refractivity contribution in [3.05, 3.63) is 29.8 Å². The molecule has 0 aromatic heterocycles. The third kappa shape index (κ3) is 3.74. The fourth-order valence-corrected chi connectivity index (χ4v) is 1.70. The number of nitrogens with two attached hydrogens (primary N) is 1. The molecule has 4 N–H and O–H groups in total. The van der Waals surface area contributed by atoms with E-state index in [0.29, 0.717) is 0 Å². The number of phenolic OH excluding ortho intramolecular Hbond substituents is 1. The molecule has 0 spiro atoms. The van der Waals surface area contributed by atoms with E-state index in [2.05, 4.69) is 5.32 Å². The molecule has 100 valence electrons. The molecule has 0 radical (unpaired) electrons. The molecule has 0 aliphatic carbocycles. The molecule has 0 aliphatic heterocycles. The predicted molar refractivity (Wildman–Crippen MR) is 72.1 cm³/mol. The Hall–Kier alpha value is -1.55. The third-order valence-corrected chi connectivity index (χ3v) is 3.29. The predicted octanol–water partition coefficient (Wildman–Crippen LogP) is 1.94. The first-order valence-electron chi connectivity index (χ1n) is 6.30. The first kappa shape index (κ1) is 14.5. The van der Waals surface area contributed by atoms with Crippen LogP contribution in [-0.2, 0) is 4.79 Å². The van der Waals surface area contributed by atoms with Crippen LogP contribution in [0.15, 0.2) is 24.3 Å². The Kier molecular flexibility index (Phi) is 5.16. The zero-order chi connectivity index (χ0) is 13.7. The van der Waals surface area contributed by atoms with Crippen LogP contribution in [0.4, 0.5) is 0 Å². The monoisotopic (exact) mass is 250 g/mol. The van der Waals surface area contributed by atoms with E-state index in [-0.39, 0.29) is 23.6 Å². The molecule has 0 saturated carbocycles. The number of phenols is 1. The maximum Gasteiger partial charge on any atom is 0.237 e. The summed E-state index contributed by atoms with van der Waals surface area (Å²) in [6.45, 7) is 5.84. The smallest absolute Gasteiger partial charge is 0.237 e. The van der Waals surface area contributed by atoms with E-state index in [1.165, 1.54) is 0 Å². The molecule has 18 heavy (non-hydrogen) atoms. The molecule has 1 rings (SSSR count). The second kappa shape index (κ2) is 6.40. The lowest BCUT2D eigenvalue weighted by Crippen LogP contribution is -2.45. The van der Waals surface area contributed by atoms with Crippen LogP contribution >= 0.6 is 0 Å². The highest BCUT2D eigenvalue weighted by Gasteiger charge is 2.21. The summed E-state index contributed by atoms with van der Waals surface area (Å²) in [6.07, 6.45) is 0.870. The van der Waals surface area contributed by atoms with E-state index in [9.17, 15) is 9.90 Å². The van der Waals surface area contributed by atoms with Crippen LogP contribution in [0.1, 0.15) is 38.8 Å². The summed E-state index contributed by atoms with van der Waals surface area (Å²) in [6, 6.07) is 6.19. The lowest BCUT2D eigenvalue weighted by Gasteiger charge is -2.21. The molecule has 1 aromatic carbocycles. The van der Waals surface area contributed by atoms with E-state index in [4.69, 9.17) is 5.73 Å². The maximum absolute atomic E-state index is 11.9. The van der Waals surface area contributed by atoms with E-state index in [0.717, 1.165) is 12.0 Å². The minimum Gasteiger partial charge on any atom is -0.508 e. The number of rotatable bonds is 5. The molecule has 0 saturated heterocycles. The molecule has 0 heterocycles. The summed E-state index contributed by atoms with van der Waals surface area (Å²) in [5.41, 5.74) is 6.73. The summed E-state index contributed by atoms with van der Waals surface area (Å²) >= 11 is 0. The van der Waals surface area contributed by atoms with Crippen molar-refractivity contribution in [3.8, 4) is 5.75 Å². The van der Waals surface area contributed by atoms with Gasteiger partial charge in [-0.1, -0.05) is 32.4 Å². The van der Waals surface area contributed by atoms with Gasteiger partial charge in [0.15, 0.2) is 0 Å². The van der Waals surface area contributed by atoms with Crippen molar-refractivity contribution in [1.29, 1.82) is 0 Å². The van der Waals surface area contributed by atoms with Crippen molar-refractivity contribution in [3.63, 3.8) is 0 Å². The highest BCUT2D eigenvalue weighted by atomic mass is 16.3. The average molecular weight is 250 g/mol. The van der Waals surface area contributed by atoms with Crippen LogP contribution in [-0.4, -0.2) is 17.1 Å². The van der Waals surface area contributed by atoms with Crippen molar-refractivity contribution in [2.45, 2.75) is 39.3 Å². The molecule has 0 aliphatic rings. The Morgan fingerprint density at radius 2 is 2.11 bits per heavy atom. The number of amides is 1. The number of benzene rings is 1. The van der Waals surface area contributed by atoms with Crippen LogP contribution in [0.25, 0.3) is 0 Å². The van der Waals surface area contributed by atoms with E-state index in [1.54, 1.807) is 18.2 Å². The van der Waals surface area contributed by atoms with Crippen LogP contribution in [0.2, 0.25) is 0 Å². The summed E-state index contributed by atoms with van der Waals surface area (Å²) in [7, 11) is 0. The fraction of sp³-hybridized carbons (Fsp3) is 0.500. The van der Waals surface area contributed by atoms with Gasteiger partial charge in [-0.2, -0.15) is 0 Å². The molecule has 4 nitrogen and oxygen atoms in total. The minimum absolute atomic E-state index is 0.153. The van der Waals surface area contributed by atoms with Gasteiger partial charge in [-0.05, 0) is 30.5 Å². The van der Waals surface area contributed by atoms with Gasteiger partial charge in [0.25, 0.3) is 0 Å². The number of hydrogen-bond acceptors (Lipinski definition) is 3. The Morgan fingerprint density at radius 1 is 1.44 bits per heavy atom. The number of hydrogen-bond donors (Lipinski definition) is 3. The SMILES string of the molecule is CCC(C)C(N)C(=O)NC(C)c1cccc(O)c1. The summed E-state index contributed by atoms with van der Waals surface area (Å²) in [5, 5.41) is 12.3. The fourth-order valence-electron chi connectivity index (χ4n) is 1.70. The van der Waals surface area contributed by atoms with Crippen molar-refractivity contribution < 1.29 is 9.90 Å². The van der Waals surface area contributed by atoms with Gasteiger partial charge in [0.2, 0.25) is 5.91 Å². The number of nitrogens with one attached hydrogen (secondary N) is 1. The van der Waals surface area contributed by atoms with Crippen molar-refractivity contribution >= 4 is 5.91 Å². The van der Waals surface area contributed by atoms with Crippen molar-refractivity contribution in [2.75, 3.05) is 0 Å². The molecule has 3 unspecified atom stereocenters. The van der Waals surface area contributed by atoms with Crippen LogP contribution < -0.4 is 11.1 Å². The maximum atomic E-state index is 11.9. The highest BCUT2D eigenvalue weighted by Crippen LogP contribution is 2.18. The zero-order valence-electron chi connectivity index (χ0n) is 11.2. The number of carbonyl (C=O) groups excluding carboxylic acids is 1. The van der Waals surface area contributed by atoms with Gasteiger partial charge in [0.05, 0.1) is 12.1 Å². The number of carbonyl (C=O) groups is 1. The quantitative estimate of drug-likeness (QED) is 0.747. The third-order valence-electron chi connectivity index (χ3n) is 3.29. The van der Waals surface area contributed by atoms with Gasteiger partial charge in [-0.25, -0.2) is 0 Å². The molecule has 0 fully saturated rings. The minimum atomic E-state index is -0.491. The van der Waals surface area contributed by atoms with E-state index < -0.39 is 6.04 Å². The van der Waals surface area contributed by atoms with Gasteiger partial charge in [0.1, 0.15) is 5.75 Å². The van der Waals surface area contributed by atoms with Crippen molar-refractivity contribution in [1.82, 2.24) is 5.32 Å². The highest BCUT2D eigenvalue weighted by molar-refractivity contribution is 5.82. The molecule has 1 aromatic rings. The zero-order valence-corrected chi connectivity index (χ0v) is 11.2. The molecular weight excluding hydrogens is 228 g/mol. The lowest BCUT2D eigenvalue weighted by atomic mass is 9.98. The van der Waals surface area contributed by atoms with E-state index in [1.807, 2.05) is 26.8 Å². The van der Waals surface area contributed by atoms with E-state index >= 15 is 0 Å². The second-order valence-electron chi connectivity index (χ2n) is 4.74. The summed E-state index contributed by atoms with van der Waals surface area (Å²) in [4.78, 5) is 11.9. The van der Waals surface area contributed by atoms with Gasteiger partial charge in [-0.3, -0.25) is 4.79 Å². The van der Waals surface area contributed by atoms with Gasteiger partial charge in [-0.15, -0.1) is 0 Å². The Morgan fingerprint density at radius 3 is 2.67 bits per heavy atom. The van der Waals surface area contributed by atoms with Gasteiger partial charge < -0.3 is 16.2 Å². The van der Waals surface area contributed by atoms with Crippen LogP contribution in [0, 0.1) is 5.92 Å². The topological polar surface area (TPSA) is 75.4 Å². The molecule has 4 heteroatoms. The largest absolute Gasteiger partial charge is 0.508 e. The second-order valence-corrected chi connectivity index (χ2v) is 4.74. The first-order valence-corrected chi connectivity index (χ1v) is 6.30. The lowest BCUT2D eigenvalue weighted by molar-refractivity contribution is -0.124. The summed E-state index contributed by atoms with van der Waals surface area (Å²) < 4.78 is 0. The standard InChI is InChI=1S/C14H22N2O2/c1-4-9(2)13(15)14(18)16-10(3)11-6-5-7-12(17)8-11/h5-10,13,17H,4,15H2,1-3H3,(H,16,18). The number of aromatic hydroxyl groups is 1. The molecule has 3 atom stereocenters. The molecule has 1 amide bonds. The summed E-state index contributed by atoms with van der Waals surface area (Å²) in [5.74, 6) is 0.196. The molecule has 0 bridgehead atoms. The van der Waals surface area contributed by atoms with Gasteiger partial charge >= 0.3 is 0 Å². The van der Waals surface area contributed by atoms with Crippen molar-refractivity contribution in [2.24, 2.45) is 11.7 Å². The van der Waals surface area contributed by atoms with Crippen LogP contribution in [0.5, 0.6) is 5.75 Å². The van der Waals surface area contributed by atoms with Gasteiger partial charge in [0, 0.05) is 0 Å². The average Bonchev–Trinajstić information content (AvgIpc) is 2.36. The molecular formula is C14H22N2O2. The van der Waals surface area contributed by atoms with Crippen LogP contribution in [0.3, 0.4) is 0 Å². The Bertz CT molecular complexity index is 407. The normalized spacial score (nSPS) is 15.8.